The van der Waals surface area contributed by atoms with Gasteiger partial charge in [0.25, 0.3) is 6.43 Å². The third-order valence-corrected chi connectivity index (χ3v) is 2.98. The summed E-state index contributed by atoms with van der Waals surface area (Å²) in [4.78, 5) is 13.0. The van der Waals surface area contributed by atoms with E-state index in [2.05, 4.69) is 5.32 Å². The van der Waals surface area contributed by atoms with Crippen molar-refractivity contribution in [2.75, 3.05) is 26.2 Å². The quantitative estimate of drug-likeness (QED) is 0.739. The summed E-state index contributed by atoms with van der Waals surface area (Å²) >= 11 is 0. The Bertz CT molecular complexity index is 252. The van der Waals surface area contributed by atoms with E-state index < -0.39 is 18.3 Å². The van der Waals surface area contributed by atoms with Crippen molar-refractivity contribution in [2.45, 2.75) is 32.2 Å². The molecule has 2 unspecified atom stereocenters. The number of alkyl halides is 2. The van der Waals surface area contributed by atoms with Crippen LogP contribution in [0.2, 0.25) is 0 Å². The molecule has 17 heavy (non-hydrogen) atoms. The molecule has 100 valence electrons. The number of nitrogens with one attached hydrogen (secondary N) is 1. The van der Waals surface area contributed by atoms with Crippen molar-refractivity contribution in [3.05, 3.63) is 0 Å². The Labute approximate surface area is 100.0 Å². The second kappa shape index (κ2) is 6.86. The number of carboxylic acids is 1. The molecule has 6 heteroatoms. The Morgan fingerprint density at radius 2 is 2.24 bits per heavy atom. The normalized spacial score (nSPS) is 26.4. The van der Waals surface area contributed by atoms with Crippen molar-refractivity contribution in [3.8, 4) is 0 Å². The molecular weight excluding hydrogens is 230 g/mol. The SMILES string of the molecule is CCCN1CC(NCC(F)F)CC(C(=O)O)C1. The molecule has 0 aromatic rings. The lowest BCUT2D eigenvalue weighted by Gasteiger charge is -2.36. The maximum absolute atomic E-state index is 12.1. The first-order valence-electron chi connectivity index (χ1n) is 5.99. The van der Waals surface area contributed by atoms with Crippen LogP contribution >= 0.6 is 0 Å². The number of halogens is 2. The van der Waals surface area contributed by atoms with Crippen LogP contribution in [-0.2, 0) is 4.79 Å². The number of hydrogen-bond acceptors (Lipinski definition) is 3. The third-order valence-electron chi connectivity index (χ3n) is 2.98. The molecule has 1 aliphatic rings. The van der Waals surface area contributed by atoms with Gasteiger partial charge in [-0.15, -0.1) is 0 Å². The molecule has 0 aromatic heterocycles. The van der Waals surface area contributed by atoms with Gasteiger partial charge >= 0.3 is 5.97 Å². The summed E-state index contributed by atoms with van der Waals surface area (Å²) in [6.07, 6.45) is -1.02. The smallest absolute Gasteiger partial charge is 0.307 e. The Morgan fingerprint density at radius 1 is 1.53 bits per heavy atom. The molecule has 1 fully saturated rings. The Hall–Kier alpha value is -0.750. The van der Waals surface area contributed by atoms with Crippen LogP contribution in [0.4, 0.5) is 8.78 Å². The van der Waals surface area contributed by atoms with Crippen LogP contribution in [0.1, 0.15) is 19.8 Å². The Kier molecular flexibility index (Phi) is 5.77. The molecule has 2 N–H and O–H groups in total. The van der Waals surface area contributed by atoms with Crippen molar-refractivity contribution in [1.82, 2.24) is 10.2 Å². The van der Waals surface area contributed by atoms with Gasteiger partial charge in [-0.2, -0.15) is 0 Å². The van der Waals surface area contributed by atoms with Crippen molar-refractivity contribution in [1.29, 1.82) is 0 Å². The van der Waals surface area contributed by atoms with Crippen molar-refractivity contribution in [3.63, 3.8) is 0 Å². The average Bonchev–Trinajstić information content (AvgIpc) is 2.26. The van der Waals surface area contributed by atoms with Gasteiger partial charge in [0.1, 0.15) is 0 Å². The molecule has 0 aliphatic carbocycles. The maximum atomic E-state index is 12.1. The number of piperidine rings is 1. The largest absolute Gasteiger partial charge is 0.481 e. The van der Waals surface area contributed by atoms with Gasteiger partial charge in [0.15, 0.2) is 0 Å². The monoisotopic (exact) mass is 250 g/mol. The van der Waals surface area contributed by atoms with Crippen molar-refractivity contribution < 1.29 is 18.7 Å². The second-order valence-corrected chi connectivity index (χ2v) is 4.53. The first-order chi connectivity index (χ1) is 8.02. The fraction of sp³-hybridized carbons (Fsp3) is 0.909. The number of hydrogen-bond donors (Lipinski definition) is 2. The number of nitrogens with zero attached hydrogens (tertiary/aromatic N) is 1. The van der Waals surface area contributed by atoms with Gasteiger partial charge in [0.2, 0.25) is 0 Å². The highest BCUT2D eigenvalue weighted by atomic mass is 19.3. The molecule has 1 heterocycles. The van der Waals surface area contributed by atoms with E-state index >= 15 is 0 Å². The van der Waals surface area contributed by atoms with Gasteiger partial charge in [-0.05, 0) is 19.4 Å². The number of carboxylic acid groups (broad SMARTS) is 1. The molecule has 2 atom stereocenters. The summed E-state index contributed by atoms with van der Waals surface area (Å²) in [5.74, 6) is -1.29. The topological polar surface area (TPSA) is 52.6 Å². The highest BCUT2D eigenvalue weighted by molar-refractivity contribution is 5.70. The number of likely N-dealkylation sites (tertiary alicyclic amines) is 1. The maximum Gasteiger partial charge on any atom is 0.307 e. The molecule has 0 amide bonds. The molecule has 0 spiro atoms. The molecule has 1 saturated heterocycles. The van der Waals surface area contributed by atoms with Crippen molar-refractivity contribution in [2.24, 2.45) is 5.92 Å². The van der Waals surface area contributed by atoms with Crippen LogP contribution in [0.3, 0.4) is 0 Å². The van der Waals surface area contributed by atoms with Crippen LogP contribution < -0.4 is 5.32 Å². The molecule has 4 nitrogen and oxygen atoms in total. The Morgan fingerprint density at radius 3 is 2.76 bits per heavy atom. The van der Waals surface area contributed by atoms with Crippen LogP contribution in [0.5, 0.6) is 0 Å². The minimum absolute atomic E-state index is 0.148. The van der Waals surface area contributed by atoms with Crippen LogP contribution in [-0.4, -0.2) is 54.6 Å². The summed E-state index contributed by atoms with van der Waals surface area (Å²) in [5.41, 5.74) is 0. The standard InChI is InChI=1S/C11H20F2N2O2/c1-2-3-15-6-8(11(16)17)4-9(7-15)14-5-10(12)13/h8-10,14H,2-7H2,1H3,(H,16,17). The van der Waals surface area contributed by atoms with Gasteiger partial charge in [-0.1, -0.05) is 6.92 Å². The number of rotatable bonds is 6. The minimum atomic E-state index is -2.39. The first kappa shape index (κ1) is 14.3. The Balaban J connectivity index is 2.49. The van der Waals surface area contributed by atoms with E-state index in [1.807, 2.05) is 11.8 Å². The highest BCUT2D eigenvalue weighted by Gasteiger charge is 2.31. The average molecular weight is 250 g/mol. The lowest BCUT2D eigenvalue weighted by molar-refractivity contribution is -0.144. The van der Waals surface area contributed by atoms with E-state index in [-0.39, 0.29) is 12.6 Å². The number of aliphatic carboxylic acids is 1. The van der Waals surface area contributed by atoms with Gasteiger partial charge < -0.3 is 15.3 Å². The molecular formula is C11H20F2N2O2. The second-order valence-electron chi connectivity index (χ2n) is 4.53. The van der Waals surface area contributed by atoms with E-state index in [0.717, 1.165) is 13.0 Å². The fourth-order valence-electron chi connectivity index (χ4n) is 2.27. The van der Waals surface area contributed by atoms with Crippen LogP contribution in [0, 0.1) is 5.92 Å². The zero-order valence-electron chi connectivity index (χ0n) is 10.0. The minimum Gasteiger partial charge on any atom is -0.481 e. The van der Waals surface area contributed by atoms with E-state index in [9.17, 15) is 13.6 Å². The zero-order chi connectivity index (χ0) is 12.8. The summed E-state index contributed by atoms with van der Waals surface area (Å²) in [6.45, 7) is 3.65. The first-order valence-corrected chi connectivity index (χ1v) is 5.99. The molecule has 1 rings (SSSR count). The predicted molar refractivity (Wildman–Crippen MR) is 60.3 cm³/mol. The van der Waals surface area contributed by atoms with Gasteiger partial charge in [-0.3, -0.25) is 4.79 Å². The molecule has 0 radical (unpaired) electrons. The van der Waals surface area contributed by atoms with Crippen molar-refractivity contribution >= 4 is 5.97 Å². The lowest BCUT2D eigenvalue weighted by atomic mass is 9.94. The lowest BCUT2D eigenvalue weighted by Crippen LogP contribution is -2.51. The summed E-state index contributed by atoms with van der Waals surface area (Å²) in [5, 5.41) is 11.8. The van der Waals surface area contributed by atoms with Gasteiger partial charge in [0, 0.05) is 19.1 Å². The fourth-order valence-corrected chi connectivity index (χ4v) is 2.27. The zero-order valence-corrected chi connectivity index (χ0v) is 10.0. The summed E-state index contributed by atoms with van der Waals surface area (Å²) < 4.78 is 24.2. The van der Waals surface area contributed by atoms with E-state index in [1.54, 1.807) is 0 Å². The molecule has 0 bridgehead atoms. The predicted octanol–water partition coefficient (Wildman–Crippen LogP) is 1.03. The molecule has 1 aliphatic heterocycles. The van der Waals surface area contributed by atoms with Crippen LogP contribution in [0.25, 0.3) is 0 Å². The highest BCUT2D eigenvalue weighted by Crippen LogP contribution is 2.17. The van der Waals surface area contributed by atoms with E-state index in [1.165, 1.54) is 0 Å². The molecule has 0 aromatic carbocycles. The molecule has 0 saturated carbocycles. The summed E-state index contributed by atoms with van der Waals surface area (Å²) in [7, 11) is 0. The van der Waals surface area contributed by atoms with Gasteiger partial charge in [-0.25, -0.2) is 8.78 Å². The number of carbonyl (C=O) groups is 1. The van der Waals surface area contributed by atoms with E-state index in [0.29, 0.717) is 19.5 Å². The summed E-state index contributed by atoms with van der Waals surface area (Å²) in [6, 6.07) is -0.148. The third kappa shape index (κ3) is 4.95. The van der Waals surface area contributed by atoms with E-state index in [4.69, 9.17) is 5.11 Å². The van der Waals surface area contributed by atoms with Crippen LogP contribution in [0.15, 0.2) is 0 Å². The van der Waals surface area contributed by atoms with Gasteiger partial charge in [0.05, 0.1) is 12.5 Å².